The lowest BCUT2D eigenvalue weighted by Crippen LogP contribution is -2.13. The van der Waals surface area contributed by atoms with Crippen LogP contribution in [0.2, 0.25) is 0 Å². The standard InChI is InChI=1S/C14H14N2O3/c1-8-2-3-13(12(15)4-8)16-14(19)9-5-10(17)7-11(18)6-9/h2-7,17-18H,15H2,1H3,(H,16,19). The Balaban J connectivity index is 2.25. The van der Waals surface area contributed by atoms with Crippen LogP contribution in [0.1, 0.15) is 15.9 Å². The Morgan fingerprint density at radius 3 is 2.32 bits per heavy atom. The fourth-order valence-corrected chi connectivity index (χ4v) is 1.72. The quantitative estimate of drug-likeness (QED) is 0.621. The predicted octanol–water partition coefficient (Wildman–Crippen LogP) is 2.24. The molecule has 0 fully saturated rings. The van der Waals surface area contributed by atoms with Gasteiger partial charge in [-0.2, -0.15) is 0 Å². The Morgan fingerprint density at radius 2 is 1.74 bits per heavy atom. The molecule has 0 atom stereocenters. The monoisotopic (exact) mass is 258 g/mol. The van der Waals surface area contributed by atoms with Crippen LogP contribution in [0.25, 0.3) is 0 Å². The van der Waals surface area contributed by atoms with Crippen molar-refractivity contribution in [3.05, 3.63) is 47.5 Å². The maximum absolute atomic E-state index is 12.0. The molecule has 0 aliphatic heterocycles. The summed E-state index contributed by atoms with van der Waals surface area (Å²) in [6.07, 6.45) is 0. The molecule has 0 unspecified atom stereocenters. The van der Waals surface area contributed by atoms with Crippen molar-refractivity contribution in [3.8, 4) is 11.5 Å². The van der Waals surface area contributed by atoms with E-state index >= 15 is 0 Å². The molecule has 19 heavy (non-hydrogen) atoms. The molecule has 0 radical (unpaired) electrons. The highest BCUT2D eigenvalue weighted by molar-refractivity contribution is 6.06. The molecule has 5 N–H and O–H groups in total. The summed E-state index contributed by atoms with van der Waals surface area (Å²) in [5.41, 5.74) is 7.88. The van der Waals surface area contributed by atoms with Gasteiger partial charge in [-0.25, -0.2) is 0 Å². The molecule has 1 amide bonds. The van der Waals surface area contributed by atoms with Crippen molar-refractivity contribution >= 4 is 17.3 Å². The maximum atomic E-state index is 12.0. The summed E-state index contributed by atoms with van der Waals surface area (Å²) >= 11 is 0. The summed E-state index contributed by atoms with van der Waals surface area (Å²) in [5, 5.41) is 21.3. The number of aromatic hydroxyl groups is 2. The average molecular weight is 258 g/mol. The van der Waals surface area contributed by atoms with Crippen LogP contribution in [0, 0.1) is 6.92 Å². The average Bonchev–Trinajstić information content (AvgIpc) is 2.31. The minimum absolute atomic E-state index is 0.150. The Hall–Kier alpha value is -2.69. The van der Waals surface area contributed by atoms with E-state index in [-0.39, 0.29) is 17.1 Å². The smallest absolute Gasteiger partial charge is 0.255 e. The van der Waals surface area contributed by atoms with Gasteiger partial charge in [0.05, 0.1) is 11.4 Å². The van der Waals surface area contributed by atoms with Gasteiger partial charge in [0.25, 0.3) is 5.91 Å². The summed E-state index contributed by atoms with van der Waals surface area (Å²) in [6.45, 7) is 1.90. The third kappa shape index (κ3) is 2.95. The molecule has 98 valence electrons. The van der Waals surface area contributed by atoms with E-state index in [1.807, 2.05) is 13.0 Å². The Kier molecular flexibility index (Phi) is 3.29. The van der Waals surface area contributed by atoms with Crippen molar-refractivity contribution in [2.24, 2.45) is 0 Å². The number of nitrogens with one attached hydrogen (secondary N) is 1. The molecule has 0 spiro atoms. The number of hydrogen-bond acceptors (Lipinski definition) is 4. The van der Waals surface area contributed by atoms with Gasteiger partial charge in [0, 0.05) is 11.6 Å². The lowest BCUT2D eigenvalue weighted by atomic mass is 10.1. The zero-order valence-electron chi connectivity index (χ0n) is 10.3. The highest BCUT2D eigenvalue weighted by Crippen LogP contribution is 2.23. The second kappa shape index (κ2) is 4.89. The number of benzene rings is 2. The van der Waals surface area contributed by atoms with Crippen LogP contribution in [0.3, 0.4) is 0 Å². The number of anilines is 2. The molecular formula is C14H14N2O3. The first-order valence-electron chi connectivity index (χ1n) is 5.66. The molecule has 0 heterocycles. The van der Waals surface area contributed by atoms with E-state index in [4.69, 9.17) is 5.73 Å². The van der Waals surface area contributed by atoms with Crippen molar-refractivity contribution in [2.45, 2.75) is 6.92 Å². The largest absolute Gasteiger partial charge is 0.508 e. The van der Waals surface area contributed by atoms with Gasteiger partial charge in [-0.3, -0.25) is 4.79 Å². The van der Waals surface area contributed by atoms with Gasteiger partial charge >= 0.3 is 0 Å². The minimum atomic E-state index is -0.457. The molecule has 2 aromatic carbocycles. The Bertz CT molecular complexity index is 618. The summed E-state index contributed by atoms with van der Waals surface area (Å²) in [5.74, 6) is -0.814. The zero-order valence-corrected chi connectivity index (χ0v) is 10.3. The Morgan fingerprint density at radius 1 is 1.11 bits per heavy atom. The second-order valence-electron chi connectivity index (χ2n) is 4.28. The fourth-order valence-electron chi connectivity index (χ4n) is 1.72. The molecule has 5 nitrogen and oxygen atoms in total. The van der Waals surface area contributed by atoms with Crippen molar-refractivity contribution in [2.75, 3.05) is 11.1 Å². The van der Waals surface area contributed by atoms with Crippen molar-refractivity contribution in [1.29, 1.82) is 0 Å². The number of amides is 1. The second-order valence-corrected chi connectivity index (χ2v) is 4.28. The number of carbonyl (C=O) groups excluding carboxylic acids is 1. The van der Waals surface area contributed by atoms with Gasteiger partial charge < -0.3 is 21.3 Å². The van der Waals surface area contributed by atoms with Crippen molar-refractivity contribution in [3.63, 3.8) is 0 Å². The Labute approximate surface area is 110 Å². The SMILES string of the molecule is Cc1ccc(NC(=O)c2cc(O)cc(O)c2)c(N)c1. The molecular weight excluding hydrogens is 244 g/mol. The first-order valence-corrected chi connectivity index (χ1v) is 5.66. The van der Waals surface area contributed by atoms with Crippen molar-refractivity contribution in [1.82, 2.24) is 0 Å². The molecule has 0 aliphatic carbocycles. The molecule has 5 heteroatoms. The zero-order chi connectivity index (χ0) is 14.0. The number of carbonyl (C=O) groups is 1. The minimum Gasteiger partial charge on any atom is -0.508 e. The maximum Gasteiger partial charge on any atom is 0.255 e. The van der Waals surface area contributed by atoms with Gasteiger partial charge in [-0.15, -0.1) is 0 Å². The first kappa shape index (κ1) is 12.8. The van der Waals surface area contributed by atoms with E-state index in [0.717, 1.165) is 11.6 Å². The molecule has 2 aromatic rings. The van der Waals surface area contributed by atoms with Crippen LogP contribution in [-0.4, -0.2) is 16.1 Å². The van der Waals surface area contributed by atoms with Crippen LogP contribution in [0.5, 0.6) is 11.5 Å². The predicted molar refractivity (Wildman–Crippen MR) is 73.3 cm³/mol. The molecule has 0 saturated carbocycles. The molecule has 0 saturated heterocycles. The highest BCUT2D eigenvalue weighted by atomic mass is 16.3. The van der Waals surface area contributed by atoms with E-state index in [1.54, 1.807) is 12.1 Å². The van der Waals surface area contributed by atoms with Crippen LogP contribution in [0.4, 0.5) is 11.4 Å². The summed E-state index contributed by atoms with van der Waals surface area (Å²) < 4.78 is 0. The van der Waals surface area contributed by atoms with Gasteiger partial charge in [0.2, 0.25) is 0 Å². The molecule has 0 bridgehead atoms. The first-order chi connectivity index (χ1) is 8.95. The van der Waals surface area contributed by atoms with Gasteiger partial charge in [-0.05, 0) is 36.8 Å². The van der Waals surface area contributed by atoms with Crippen molar-refractivity contribution < 1.29 is 15.0 Å². The van der Waals surface area contributed by atoms with Gasteiger partial charge in [-0.1, -0.05) is 6.07 Å². The number of hydrogen-bond donors (Lipinski definition) is 4. The summed E-state index contributed by atoms with van der Waals surface area (Å²) in [6, 6.07) is 8.95. The lowest BCUT2D eigenvalue weighted by Gasteiger charge is -2.09. The van der Waals surface area contributed by atoms with Crippen LogP contribution in [0.15, 0.2) is 36.4 Å². The number of nitrogens with two attached hydrogens (primary N) is 1. The number of aryl methyl sites for hydroxylation is 1. The molecule has 0 aromatic heterocycles. The van der Waals surface area contributed by atoms with Crippen LogP contribution >= 0.6 is 0 Å². The third-order valence-corrected chi connectivity index (χ3v) is 2.62. The number of rotatable bonds is 2. The fraction of sp³-hybridized carbons (Fsp3) is 0.0714. The number of phenolic OH excluding ortho intramolecular Hbond substituents is 2. The lowest BCUT2D eigenvalue weighted by molar-refractivity contribution is 0.102. The molecule has 0 aliphatic rings. The van der Waals surface area contributed by atoms with Gasteiger partial charge in [0.1, 0.15) is 11.5 Å². The molecule has 2 rings (SSSR count). The van der Waals surface area contributed by atoms with E-state index in [9.17, 15) is 15.0 Å². The van der Waals surface area contributed by atoms with E-state index < -0.39 is 5.91 Å². The number of phenols is 2. The van der Waals surface area contributed by atoms with Crippen LogP contribution < -0.4 is 11.1 Å². The summed E-state index contributed by atoms with van der Waals surface area (Å²) in [7, 11) is 0. The van der Waals surface area contributed by atoms with E-state index in [1.165, 1.54) is 12.1 Å². The highest BCUT2D eigenvalue weighted by Gasteiger charge is 2.10. The summed E-state index contributed by atoms with van der Waals surface area (Å²) in [4.78, 5) is 12.0. The topological polar surface area (TPSA) is 95.6 Å². The normalized spacial score (nSPS) is 10.2. The van der Waals surface area contributed by atoms with E-state index in [2.05, 4.69) is 5.32 Å². The third-order valence-electron chi connectivity index (χ3n) is 2.62. The van der Waals surface area contributed by atoms with Crippen LogP contribution in [-0.2, 0) is 0 Å². The van der Waals surface area contributed by atoms with Gasteiger partial charge in [0.15, 0.2) is 0 Å². The van der Waals surface area contributed by atoms with E-state index in [0.29, 0.717) is 11.4 Å². The number of nitrogen functional groups attached to an aromatic ring is 1.